The predicted molar refractivity (Wildman–Crippen MR) is 91.8 cm³/mol. The van der Waals surface area contributed by atoms with Crippen molar-refractivity contribution in [3.8, 4) is 5.75 Å². The number of likely N-dealkylation sites (N-methyl/N-ethyl adjacent to an activating group) is 1. The number of rotatable bonds is 13. The molecule has 0 unspecified atom stereocenters. The zero-order valence-electron chi connectivity index (χ0n) is 13.8. The molecule has 0 amide bonds. The average Bonchev–Trinajstić information content (AvgIpc) is 2.55. The Morgan fingerprint density at radius 2 is 1.86 bits per heavy atom. The van der Waals surface area contributed by atoms with Gasteiger partial charge in [0.25, 0.3) is 0 Å². The zero-order valence-corrected chi connectivity index (χ0v) is 13.8. The summed E-state index contributed by atoms with van der Waals surface area (Å²) in [6.07, 6.45) is 5.17. The first kappa shape index (κ1) is 18.5. The van der Waals surface area contributed by atoms with Crippen molar-refractivity contribution in [1.82, 2.24) is 10.6 Å². The van der Waals surface area contributed by atoms with E-state index in [0.29, 0.717) is 6.61 Å². The summed E-state index contributed by atoms with van der Waals surface area (Å²) >= 11 is 0. The van der Waals surface area contributed by atoms with E-state index in [1.54, 1.807) is 6.21 Å². The highest BCUT2D eigenvalue weighted by Gasteiger charge is 1.95. The van der Waals surface area contributed by atoms with Gasteiger partial charge in [0.15, 0.2) is 0 Å². The molecule has 5 nitrogen and oxygen atoms in total. The molecule has 5 heteroatoms. The third kappa shape index (κ3) is 9.37. The molecule has 2 N–H and O–H groups in total. The largest absolute Gasteiger partial charge is 0.494 e. The summed E-state index contributed by atoms with van der Waals surface area (Å²) in [6.45, 7) is 6.40. The summed E-state index contributed by atoms with van der Waals surface area (Å²) in [7, 11) is 1.97. The van der Waals surface area contributed by atoms with Crippen LogP contribution in [0.1, 0.15) is 31.7 Å². The maximum Gasteiger partial charge on any atom is 0.119 e. The van der Waals surface area contributed by atoms with E-state index in [2.05, 4.69) is 15.8 Å². The molecule has 124 valence electrons. The maximum atomic E-state index is 5.73. The normalized spacial score (nSPS) is 11.0. The first-order chi connectivity index (χ1) is 10.9. The van der Waals surface area contributed by atoms with Gasteiger partial charge in [-0.1, -0.05) is 5.16 Å². The van der Waals surface area contributed by atoms with E-state index in [1.807, 2.05) is 38.2 Å². The molecule has 0 aromatic heterocycles. The lowest BCUT2D eigenvalue weighted by atomic mass is 10.2. The van der Waals surface area contributed by atoms with Crippen LogP contribution in [0, 0.1) is 0 Å². The SMILES string of the molecule is CCO/N=C/c1ccc(OCCCCCNCCNC)cc1. The van der Waals surface area contributed by atoms with Crippen LogP contribution >= 0.6 is 0 Å². The molecule has 0 radical (unpaired) electrons. The first-order valence-electron chi connectivity index (χ1n) is 8.10. The van der Waals surface area contributed by atoms with Gasteiger partial charge in [-0.05, 0) is 69.6 Å². The first-order valence-corrected chi connectivity index (χ1v) is 8.10. The minimum atomic E-state index is 0.586. The average molecular weight is 307 g/mol. The lowest BCUT2D eigenvalue weighted by molar-refractivity contribution is 0.160. The lowest BCUT2D eigenvalue weighted by Crippen LogP contribution is -2.25. The summed E-state index contributed by atoms with van der Waals surface area (Å²) in [6, 6.07) is 7.88. The summed E-state index contributed by atoms with van der Waals surface area (Å²) < 4.78 is 5.73. The Kier molecular flexibility index (Phi) is 11.0. The van der Waals surface area contributed by atoms with Gasteiger partial charge < -0.3 is 20.2 Å². The Bertz CT molecular complexity index is 393. The molecule has 0 saturated carbocycles. The number of nitrogens with zero attached hydrogens (tertiary/aromatic N) is 1. The number of hydrogen-bond donors (Lipinski definition) is 2. The van der Waals surface area contributed by atoms with Gasteiger partial charge in [-0.25, -0.2) is 0 Å². The third-order valence-electron chi connectivity index (χ3n) is 3.10. The van der Waals surface area contributed by atoms with Crippen LogP contribution in [0.2, 0.25) is 0 Å². The summed E-state index contributed by atoms with van der Waals surface area (Å²) in [5.74, 6) is 0.903. The van der Waals surface area contributed by atoms with E-state index in [0.717, 1.165) is 44.0 Å². The molecule has 0 bridgehead atoms. The van der Waals surface area contributed by atoms with Crippen molar-refractivity contribution in [2.24, 2.45) is 5.16 Å². The van der Waals surface area contributed by atoms with Crippen molar-refractivity contribution >= 4 is 6.21 Å². The minimum Gasteiger partial charge on any atom is -0.494 e. The predicted octanol–water partition coefficient (Wildman–Crippen LogP) is 2.42. The van der Waals surface area contributed by atoms with Gasteiger partial charge in [0.1, 0.15) is 12.4 Å². The fourth-order valence-corrected chi connectivity index (χ4v) is 1.88. The highest BCUT2D eigenvalue weighted by atomic mass is 16.6. The fraction of sp³-hybridized carbons (Fsp3) is 0.588. The smallest absolute Gasteiger partial charge is 0.119 e. The second-order valence-corrected chi connectivity index (χ2v) is 4.98. The van der Waals surface area contributed by atoms with Gasteiger partial charge in [0.05, 0.1) is 12.8 Å². The number of unbranched alkanes of at least 4 members (excludes halogenated alkanes) is 2. The second-order valence-electron chi connectivity index (χ2n) is 4.98. The van der Waals surface area contributed by atoms with Crippen molar-refractivity contribution in [1.29, 1.82) is 0 Å². The van der Waals surface area contributed by atoms with Crippen LogP contribution < -0.4 is 15.4 Å². The van der Waals surface area contributed by atoms with Crippen molar-refractivity contribution in [2.75, 3.05) is 39.9 Å². The number of ether oxygens (including phenoxy) is 1. The molecule has 1 aromatic carbocycles. The number of hydrogen-bond acceptors (Lipinski definition) is 5. The van der Waals surface area contributed by atoms with E-state index in [4.69, 9.17) is 9.57 Å². The van der Waals surface area contributed by atoms with Gasteiger partial charge in [-0.3, -0.25) is 0 Å². The van der Waals surface area contributed by atoms with Gasteiger partial charge in [-0.2, -0.15) is 0 Å². The van der Waals surface area contributed by atoms with Crippen LogP contribution in [0.4, 0.5) is 0 Å². The summed E-state index contributed by atoms with van der Waals surface area (Å²) in [5, 5.41) is 10.4. The molecule has 1 aromatic rings. The highest BCUT2D eigenvalue weighted by molar-refractivity contribution is 5.79. The molecule has 22 heavy (non-hydrogen) atoms. The molecule has 0 aliphatic heterocycles. The lowest BCUT2D eigenvalue weighted by Gasteiger charge is -2.07. The van der Waals surface area contributed by atoms with Crippen LogP contribution in [0.25, 0.3) is 0 Å². The molecule has 0 aliphatic carbocycles. The molecule has 0 aliphatic rings. The zero-order chi connectivity index (χ0) is 15.9. The monoisotopic (exact) mass is 307 g/mol. The molecule has 0 fully saturated rings. The highest BCUT2D eigenvalue weighted by Crippen LogP contribution is 2.12. The number of oxime groups is 1. The Morgan fingerprint density at radius 1 is 1.05 bits per heavy atom. The van der Waals surface area contributed by atoms with E-state index in [-0.39, 0.29) is 0 Å². The van der Waals surface area contributed by atoms with Gasteiger partial charge in [0, 0.05) is 13.1 Å². The Hall–Kier alpha value is -1.59. The van der Waals surface area contributed by atoms with Crippen molar-refractivity contribution in [3.63, 3.8) is 0 Å². The molecular formula is C17H29N3O2. The molecule has 0 heterocycles. The van der Waals surface area contributed by atoms with Gasteiger partial charge in [0.2, 0.25) is 0 Å². The molecule has 1 rings (SSSR count). The standard InChI is InChI=1S/C17H29N3O2/c1-3-22-20-15-16-7-9-17(10-8-16)21-14-6-4-5-11-19-13-12-18-2/h7-10,15,18-19H,3-6,11-14H2,1-2H3/b20-15+. The van der Waals surface area contributed by atoms with Crippen molar-refractivity contribution < 1.29 is 9.57 Å². The van der Waals surface area contributed by atoms with E-state index < -0.39 is 0 Å². The number of nitrogens with one attached hydrogen (secondary N) is 2. The van der Waals surface area contributed by atoms with Gasteiger partial charge in [-0.15, -0.1) is 0 Å². The topological polar surface area (TPSA) is 54.9 Å². The Balaban J connectivity index is 2.05. The van der Waals surface area contributed by atoms with Crippen LogP contribution in [-0.4, -0.2) is 46.1 Å². The van der Waals surface area contributed by atoms with Crippen molar-refractivity contribution in [3.05, 3.63) is 29.8 Å². The third-order valence-corrected chi connectivity index (χ3v) is 3.10. The quantitative estimate of drug-likeness (QED) is 0.334. The van der Waals surface area contributed by atoms with Gasteiger partial charge >= 0.3 is 0 Å². The molecule has 0 spiro atoms. The molecular weight excluding hydrogens is 278 g/mol. The molecule has 0 saturated heterocycles. The van der Waals surface area contributed by atoms with E-state index >= 15 is 0 Å². The summed E-state index contributed by atoms with van der Waals surface area (Å²) in [4.78, 5) is 4.93. The van der Waals surface area contributed by atoms with Crippen LogP contribution in [-0.2, 0) is 4.84 Å². The Labute approximate surface area is 134 Å². The fourth-order valence-electron chi connectivity index (χ4n) is 1.88. The molecule has 0 atom stereocenters. The van der Waals surface area contributed by atoms with E-state index in [1.165, 1.54) is 12.8 Å². The summed E-state index contributed by atoms with van der Waals surface area (Å²) in [5.41, 5.74) is 1.01. The second kappa shape index (κ2) is 13.1. The Morgan fingerprint density at radius 3 is 2.59 bits per heavy atom. The maximum absolute atomic E-state index is 5.73. The van der Waals surface area contributed by atoms with E-state index in [9.17, 15) is 0 Å². The van der Waals surface area contributed by atoms with Crippen LogP contribution in [0.3, 0.4) is 0 Å². The van der Waals surface area contributed by atoms with Crippen LogP contribution in [0.15, 0.2) is 29.4 Å². The minimum absolute atomic E-state index is 0.586. The van der Waals surface area contributed by atoms with Crippen molar-refractivity contribution in [2.45, 2.75) is 26.2 Å². The number of benzene rings is 1. The van der Waals surface area contributed by atoms with Crippen LogP contribution in [0.5, 0.6) is 5.75 Å².